The second kappa shape index (κ2) is 5.28. The predicted octanol–water partition coefficient (Wildman–Crippen LogP) is 4.13. The van der Waals surface area contributed by atoms with E-state index in [1.54, 1.807) is 24.7 Å². The van der Waals surface area contributed by atoms with Crippen molar-refractivity contribution in [2.45, 2.75) is 6.92 Å². The van der Waals surface area contributed by atoms with Gasteiger partial charge in [0.2, 0.25) is 0 Å². The molecule has 0 spiro atoms. The molecule has 0 radical (unpaired) electrons. The zero-order valence-electron chi connectivity index (χ0n) is 12.4. The molecule has 23 heavy (non-hydrogen) atoms. The third-order valence-electron chi connectivity index (χ3n) is 3.79. The Labute approximate surface area is 132 Å². The predicted molar refractivity (Wildman–Crippen MR) is 87.3 cm³/mol. The summed E-state index contributed by atoms with van der Waals surface area (Å²) in [5.41, 5.74) is 5.41. The molecule has 0 atom stereocenters. The number of benzene rings is 1. The van der Waals surface area contributed by atoms with Crippen LogP contribution in [0.2, 0.25) is 0 Å². The standard InChI is InChI=1S/C18H13FN4/c1-11-4-5-15(19)14(7-11)18-13(3-2-6-20-18)12-8-16-17(21-9-12)10-22-23-16/h2-10H,1H3,(H,22,23). The molecule has 0 bridgehead atoms. The zero-order chi connectivity index (χ0) is 15.8. The van der Waals surface area contributed by atoms with Gasteiger partial charge in [0.1, 0.15) is 11.3 Å². The van der Waals surface area contributed by atoms with Crippen molar-refractivity contribution in [2.24, 2.45) is 0 Å². The van der Waals surface area contributed by atoms with Crippen LogP contribution in [0.1, 0.15) is 5.56 Å². The van der Waals surface area contributed by atoms with Crippen molar-refractivity contribution >= 4 is 11.0 Å². The molecular weight excluding hydrogens is 291 g/mol. The van der Waals surface area contributed by atoms with Gasteiger partial charge >= 0.3 is 0 Å². The van der Waals surface area contributed by atoms with Crippen LogP contribution in [0.15, 0.2) is 55.0 Å². The van der Waals surface area contributed by atoms with Gasteiger partial charge in [0, 0.05) is 29.1 Å². The van der Waals surface area contributed by atoms with Gasteiger partial charge in [-0.1, -0.05) is 17.7 Å². The molecule has 0 saturated carbocycles. The maximum Gasteiger partial charge on any atom is 0.132 e. The number of aromatic amines is 1. The molecule has 0 amide bonds. The van der Waals surface area contributed by atoms with Crippen LogP contribution < -0.4 is 0 Å². The lowest BCUT2D eigenvalue weighted by molar-refractivity contribution is 0.630. The summed E-state index contributed by atoms with van der Waals surface area (Å²) in [4.78, 5) is 8.78. The van der Waals surface area contributed by atoms with E-state index in [9.17, 15) is 4.39 Å². The molecule has 0 fully saturated rings. The second-order valence-corrected chi connectivity index (χ2v) is 5.41. The first kappa shape index (κ1) is 13.6. The van der Waals surface area contributed by atoms with Crippen LogP contribution in [0.4, 0.5) is 4.39 Å². The lowest BCUT2D eigenvalue weighted by atomic mass is 9.99. The number of hydrogen-bond donors (Lipinski definition) is 1. The summed E-state index contributed by atoms with van der Waals surface area (Å²) in [6.45, 7) is 1.93. The van der Waals surface area contributed by atoms with Gasteiger partial charge in [-0.3, -0.25) is 15.1 Å². The lowest BCUT2D eigenvalue weighted by Crippen LogP contribution is -1.93. The van der Waals surface area contributed by atoms with E-state index in [4.69, 9.17) is 0 Å². The minimum absolute atomic E-state index is 0.286. The molecule has 0 aliphatic heterocycles. The summed E-state index contributed by atoms with van der Waals surface area (Å²) in [6.07, 6.45) is 5.10. The largest absolute Gasteiger partial charge is 0.276 e. The van der Waals surface area contributed by atoms with E-state index in [0.29, 0.717) is 11.3 Å². The van der Waals surface area contributed by atoms with Gasteiger partial charge in [0.15, 0.2) is 0 Å². The first-order chi connectivity index (χ1) is 11.2. The first-order valence-corrected chi connectivity index (χ1v) is 7.23. The van der Waals surface area contributed by atoms with Crippen molar-refractivity contribution < 1.29 is 4.39 Å². The third-order valence-corrected chi connectivity index (χ3v) is 3.79. The highest BCUT2D eigenvalue weighted by Gasteiger charge is 2.13. The van der Waals surface area contributed by atoms with Crippen molar-refractivity contribution in [2.75, 3.05) is 0 Å². The highest BCUT2D eigenvalue weighted by atomic mass is 19.1. The lowest BCUT2D eigenvalue weighted by Gasteiger charge is -2.10. The highest BCUT2D eigenvalue weighted by molar-refractivity contribution is 5.85. The van der Waals surface area contributed by atoms with Crippen LogP contribution in [0.3, 0.4) is 0 Å². The summed E-state index contributed by atoms with van der Waals surface area (Å²) in [6, 6.07) is 10.7. The number of nitrogens with zero attached hydrogens (tertiary/aromatic N) is 3. The van der Waals surface area contributed by atoms with E-state index < -0.39 is 0 Å². The molecule has 0 saturated heterocycles. The summed E-state index contributed by atoms with van der Waals surface area (Å²) in [5.74, 6) is -0.286. The van der Waals surface area contributed by atoms with Crippen LogP contribution in [0, 0.1) is 12.7 Å². The Morgan fingerprint density at radius 3 is 2.83 bits per heavy atom. The average molecular weight is 304 g/mol. The Kier molecular flexibility index (Phi) is 3.12. The van der Waals surface area contributed by atoms with Crippen molar-refractivity contribution in [1.82, 2.24) is 20.2 Å². The van der Waals surface area contributed by atoms with E-state index in [1.165, 1.54) is 6.07 Å². The number of fused-ring (bicyclic) bond motifs is 1. The monoisotopic (exact) mass is 304 g/mol. The molecule has 112 valence electrons. The number of rotatable bonds is 2. The fraction of sp³-hybridized carbons (Fsp3) is 0.0556. The van der Waals surface area contributed by atoms with Crippen LogP contribution in [0.5, 0.6) is 0 Å². The molecule has 4 rings (SSSR count). The number of hydrogen-bond acceptors (Lipinski definition) is 3. The number of H-pyrrole nitrogens is 1. The van der Waals surface area contributed by atoms with Crippen molar-refractivity contribution in [3.8, 4) is 22.4 Å². The molecule has 0 aliphatic carbocycles. The number of aromatic nitrogens is 4. The Hall–Kier alpha value is -3.08. The van der Waals surface area contributed by atoms with Crippen molar-refractivity contribution in [3.05, 3.63) is 66.4 Å². The number of halogens is 1. The minimum Gasteiger partial charge on any atom is -0.276 e. The summed E-state index contributed by atoms with van der Waals surface area (Å²) < 4.78 is 14.3. The molecule has 4 nitrogen and oxygen atoms in total. The van der Waals surface area contributed by atoms with E-state index in [-0.39, 0.29) is 5.82 Å². The van der Waals surface area contributed by atoms with Gasteiger partial charge in [0.25, 0.3) is 0 Å². The van der Waals surface area contributed by atoms with Gasteiger partial charge < -0.3 is 0 Å². The molecule has 1 N–H and O–H groups in total. The quantitative estimate of drug-likeness (QED) is 0.605. The van der Waals surface area contributed by atoms with Crippen LogP contribution in [0.25, 0.3) is 33.4 Å². The maximum atomic E-state index is 14.3. The Bertz CT molecular complexity index is 1010. The van der Waals surface area contributed by atoms with E-state index in [1.807, 2.05) is 31.2 Å². The van der Waals surface area contributed by atoms with Gasteiger partial charge in [-0.2, -0.15) is 5.10 Å². The van der Waals surface area contributed by atoms with Gasteiger partial charge in [0.05, 0.1) is 17.4 Å². The van der Waals surface area contributed by atoms with Gasteiger partial charge in [-0.15, -0.1) is 0 Å². The van der Waals surface area contributed by atoms with E-state index in [0.717, 1.165) is 27.7 Å². The van der Waals surface area contributed by atoms with Gasteiger partial charge in [-0.25, -0.2) is 4.39 Å². The van der Waals surface area contributed by atoms with E-state index in [2.05, 4.69) is 20.2 Å². The first-order valence-electron chi connectivity index (χ1n) is 7.23. The number of aryl methyl sites for hydroxylation is 1. The summed E-state index contributed by atoms with van der Waals surface area (Å²) >= 11 is 0. The maximum absolute atomic E-state index is 14.3. The normalized spacial score (nSPS) is 11.0. The molecular formula is C18H13FN4. The smallest absolute Gasteiger partial charge is 0.132 e. The summed E-state index contributed by atoms with van der Waals surface area (Å²) in [5, 5.41) is 6.88. The fourth-order valence-electron chi connectivity index (χ4n) is 2.65. The van der Waals surface area contributed by atoms with Crippen molar-refractivity contribution in [1.29, 1.82) is 0 Å². The molecule has 4 aromatic rings. The van der Waals surface area contributed by atoms with Crippen LogP contribution in [-0.2, 0) is 0 Å². The topological polar surface area (TPSA) is 54.5 Å². The van der Waals surface area contributed by atoms with E-state index >= 15 is 0 Å². The number of nitrogens with one attached hydrogen (secondary N) is 1. The highest BCUT2D eigenvalue weighted by Crippen LogP contribution is 2.32. The molecule has 0 aliphatic rings. The summed E-state index contributed by atoms with van der Waals surface area (Å²) in [7, 11) is 0. The van der Waals surface area contributed by atoms with Crippen LogP contribution in [-0.4, -0.2) is 20.2 Å². The SMILES string of the molecule is Cc1ccc(F)c(-c2ncccc2-c2cnc3cn[nH]c3c2)c1. The minimum atomic E-state index is -0.286. The molecule has 3 heterocycles. The molecule has 0 unspecified atom stereocenters. The molecule has 1 aromatic carbocycles. The second-order valence-electron chi connectivity index (χ2n) is 5.41. The molecule has 3 aromatic heterocycles. The Morgan fingerprint density at radius 2 is 1.91 bits per heavy atom. The third kappa shape index (κ3) is 2.36. The fourth-order valence-corrected chi connectivity index (χ4v) is 2.65. The Morgan fingerprint density at radius 1 is 1.00 bits per heavy atom. The zero-order valence-corrected chi connectivity index (χ0v) is 12.4. The van der Waals surface area contributed by atoms with Crippen molar-refractivity contribution in [3.63, 3.8) is 0 Å². The molecule has 5 heteroatoms. The van der Waals surface area contributed by atoms with Crippen LogP contribution >= 0.6 is 0 Å². The van der Waals surface area contributed by atoms with Gasteiger partial charge in [-0.05, 0) is 31.2 Å². The average Bonchev–Trinajstić information content (AvgIpc) is 3.05. The number of pyridine rings is 2. The Balaban J connectivity index is 1.94.